The van der Waals surface area contributed by atoms with Gasteiger partial charge in [0.15, 0.2) is 0 Å². The van der Waals surface area contributed by atoms with E-state index in [2.05, 4.69) is 4.90 Å². The molecular formula is C10H19F2NO. The molecule has 1 aliphatic heterocycles. The Morgan fingerprint density at radius 2 is 2.21 bits per heavy atom. The van der Waals surface area contributed by atoms with Crippen LogP contribution in [0.2, 0.25) is 0 Å². The molecule has 0 aromatic rings. The molecule has 2 unspecified atom stereocenters. The lowest BCUT2D eigenvalue weighted by Crippen LogP contribution is -2.50. The molecule has 0 bridgehead atoms. The van der Waals surface area contributed by atoms with Crippen molar-refractivity contribution in [2.24, 2.45) is 11.3 Å². The summed E-state index contributed by atoms with van der Waals surface area (Å²) in [6, 6.07) is 0. The van der Waals surface area contributed by atoms with E-state index in [1.54, 1.807) is 7.11 Å². The number of methoxy groups -OCH3 is 1. The Morgan fingerprint density at radius 1 is 1.57 bits per heavy atom. The van der Waals surface area contributed by atoms with Crippen molar-refractivity contribution >= 4 is 0 Å². The third kappa shape index (κ3) is 2.42. The monoisotopic (exact) mass is 207 g/mol. The van der Waals surface area contributed by atoms with Crippen LogP contribution in [0.3, 0.4) is 0 Å². The predicted octanol–water partition coefficient (Wildman–Crippen LogP) is 1.86. The van der Waals surface area contributed by atoms with E-state index in [0.717, 1.165) is 6.54 Å². The Labute approximate surface area is 84.2 Å². The van der Waals surface area contributed by atoms with E-state index in [-0.39, 0.29) is 0 Å². The summed E-state index contributed by atoms with van der Waals surface area (Å²) in [5.41, 5.74) is -0.407. The van der Waals surface area contributed by atoms with Crippen LogP contribution in [0.1, 0.15) is 13.3 Å². The lowest BCUT2D eigenvalue weighted by Gasteiger charge is -2.44. The minimum atomic E-state index is -2.23. The maximum Gasteiger partial charge on any atom is 0.242 e. The number of hydrogen-bond acceptors (Lipinski definition) is 2. The first kappa shape index (κ1) is 11.9. The van der Waals surface area contributed by atoms with Crippen molar-refractivity contribution in [1.82, 2.24) is 4.90 Å². The molecule has 1 heterocycles. The molecule has 0 aromatic heterocycles. The van der Waals surface area contributed by atoms with Crippen molar-refractivity contribution in [1.29, 1.82) is 0 Å². The fourth-order valence-corrected chi connectivity index (χ4v) is 2.43. The fraction of sp³-hybridized carbons (Fsp3) is 1.00. The van der Waals surface area contributed by atoms with Crippen molar-refractivity contribution in [3.05, 3.63) is 0 Å². The third-order valence-electron chi connectivity index (χ3n) is 3.13. The topological polar surface area (TPSA) is 12.5 Å². The Kier molecular flexibility index (Phi) is 3.84. The lowest BCUT2D eigenvalue weighted by molar-refractivity contribution is -0.0793. The largest absolute Gasteiger partial charge is 0.384 e. The van der Waals surface area contributed by atoms with Crippen molar-refractivity contribution in [3.63, 3.8) is 0 Å². The van der Waals surface area contributed by atoms with Crippen LogP contribution < -0.4 is 0 Å². The second-order valence-electron chi connectivity index (χ2n) is 4.55. The maximum atomic E-state index is 12.8. The molecule has 1 rings (SSSR count). The summed E-state index contributed by atoms with van der Waals surface area (Å²) >= 11 is 0. The van der Waals surface area contributed by atoms with Gasteiger partial charge in [0.05, 0.1) is 6.61 Å². The van der Waals surface area contributed by atoms with E-state index < -0.39 is 17.8 Å². The van der Waals surface area contributed by atoms with Crippen LogP contribution in [0.5, 0.6) is 0 Å². The Balaban J connectivity index is 2.72. The molecule has 0 spiro atoms. The smallest absolute Gasteiger partial charge is 0.242 e. The Hall–Kier alpha value is -0.220. The summed E-state index contributed by atoms with van der Waals surface area (Å²) in [7, 11) is 3.54. The summed E-state index contributed by atoms with van der Waals surface area (Å²) < 4.78 is 30.6. The van der Waals surface area contributed by atoms with E-state index in [1.807, 2.05) is 14.0 Å². The number of halogens is 2. The van der Waals surface area contributed by atoms with Crippen molar-refractivity contribution in [3.8, 4) is 0 Å². The van der Waals surface area contributed by atoms with Gasteiger partial charge in [0.25, 0.3) is 0 Å². The van der Waals surface area contributed by atoms with Crippen LogP contribution in [0.25, 0.3) is 0 Å². The highest BCUT2D eigenvalue weighted by atomic mass is 19.3. The molecule has 4 heteroatoms. The zero-order valence-corrected chi connectivity index (χ0v) is 9.09. The van der Waals surface area contributed by atoms with Gasteiger partial charge >= 0.3 is 0 Å². The lowest BCUT2D eigenvalue weighted by atomic mass is 9.73. The van der Waals surface area contributed by atoms with Crippen molar-refractivity contribution in [2.75, 3.05) is 33.9 Å². The fourth-order valence-electron chi connectivity index (χ4n) is 2.43. The third-order valence-corrected chi connectivity index (χ3v) is 3.13. The highest BCUT2D eigenvalue weighted by Gasteiger charge is 2.43. The zero-order chi connectivity index (χ0) is 10.8. The minimum Gasteiger partial charge on any atom is -0.384 e. The first-order chi connectivity index (χ1) is 6.49. The molecule has 1 saturated heterocycles. The van der Waals surface area contributed by atoms with Gasteiger partial charge in [-0.15, -0.1) is 0 Å². The number of rotatable bonds is 3. The van der Waals surface area contributed by atoms with Gasteiger partial charge in [-0.25, -0.2) is 8.78 Å². The van der Waals surface area contributed by atoms with E-state index in [9.17, 15) is 8.78 Å². The van der Waals surface area contributed by atoms with E-state index >= 15 is 0 Å². The van der Waals surface area contributed by atoms with Crippen LogP contribution >= 0.6 is 0 Å². The number of piperidine rings is 1. The Morgan fingerprint density at radius 3 is 2.71 bits per heavy atom. The molecule has 0 aliphatic carbocycles. The molecule has 0 radical (unpaired) electrons. The van der Waals surface area contributed by atoms with Gasteiger partial charge in [-0.3, -0.25) is 0 Å². The minimum absolute atomic E-state index is 0.407. The SMILES string of the molecule is COCC1(C)CN(C)CCC1C(F)F. The van der Waals surface area contributed by atoms with Crippen LogP contribution in [-0.4, -0.2) is 45.2 Å². The second-order valence-corrected chi connectivity index (χ2v) is 4.55. The first-order valence-corrected chi connectivity index (χ1v) is 4.95. The second kappa shape index (κ2) is 4.53. The van der Waals surface area contributed by atoms with Gasteiger partial charge in [-0.1, -0.05) is 6.92 Å². The number of hydrogen-bond donors (Lipinski definition) is 0. The summed E-state index contributed by atoms with van der Waals surface area (Å²) in [6.07, 6.45) is -1.67. The molecule has 2 atom stereocenters. The summed E-state index contributed by atoms with van der Waals surface area (Å²) in [5, 5.41) is 0. The zero-order valence-electron chi connectivity index (χ0n) is 9.09. The van der Waals surface area contributed by atoms with Crippen LogP contribution in [0, 0.1) is 11.3 Å². The average molecular weight is 207 g/mol. The standard InChI is InChI=1S/C10H19F2NO/c1-10(7-14-3)6-13(2)5-4-8(10)9(11)12/h8-9H,4-7H2,1-3H3. The van der Waals surface area contributed by atoms with Gasteiger partial charge in [-0.2, -0.15) is 0 Å². The number of ether oxygens (including phenoxy) is 1. The molecule has 1 fully saturated rings. The summed E-state index contributed by atoms with van der Waals surface area (Å²) in [5.74, 6) is -0.529. The maximum absolute atomic E-state index is 12.8. The van der Waals surface area contributed by atoms with Gasteiger partial charge in [0, 0.05) is 25.0 Å². The molecule has 2 nitrogen and oxygen atoms in total. The van der Waals surface area contributed by atoms with E-state index in [4.69, 9.17) is 4.74 Å². The van der Waals surface area contributed by atoms with Crippen molar-refractivity contribution < 1.29 is 13.5 Å². The molecular weight excluding hydrogens is 188 g/mol. The van der Waals surface area contributed by atoms with Gasteiger partial charge in [0.2, 0.25) is 6.43 Å². The molecule has 0 saturated carbocycles. The highest BCUT2D eigenvalue weighted by Crippen LogP contribution is 2.38. The van der Waals surface area contributed by atoms with Crippen LogP contribution in [0.4, 0.5) is 8.78 Å². The predicted molar refractivity (Wildman–Crippen MR) is 51.6 cm³/mol. The Bertz CT molecular complexity index is 189. The molecule has 84 valence electrons. The van der Waals surface area contributed by atoms with Gasteiger partial charge < -0.3 is 9.64 Å². The van der Waals surface area contributed by atoms with E-state index in [0.29, 0.717) is 19.6 Å². The van der Waals surface area contributed by atoms with Crippen LogP contribution in [0.15, 0.2) is 0 Å². The molecule has 0 amide bonds. The highest BCUT2D eigenvalue weighted by molar-refractivity contribution is 4.90. The molecule has 0 aromatic carbocycles. The molecule has 0 N–H and O–H groups in total. The van der Waals surface area contributed by atoms with E-state index in [1.165, 1.54) is 0 Å². The quantitative estimate of drug-likeness (QED) is 0.700. The molecule has 1 aliphatic rings. The average Bonchev–Trinajstić information content (AvgIpc) is 2.02. The summed E-state index contributed by atoms with van der Waals surface area (Å²) in [6.45, 7) is 3.75. The van der Waals surface area contributed by atoms with Gasteiger partial charge in [-0.05, 0) is 20.0 Å². The van der Waals surface area contributed by atoms with Crippen molar-refractivity contribution in [2.45, 2.75) is 19.8 Å². The number of nitrogens with zero attached hydrogens (tertiary/aromatic N) is 1. The normalized spacial score (nSPS) is 35.1. The first-order valence-electron chi connectivity index (χ1n) is 4.95. The van der Waals surface area contributed by atoms with Crippen LogP contribution in [-0.2, 0) is 4.74 Å². The molecule has 14 heavy (non-hydrogen) atoms. The van der Waals surface area contributed by atoms with Gasteiger partial charge in [0.1, 0.15) is 0 Å². The number of likely N-dealkylation sites (tertiary alicyclic amines) is 1. The summed E-state index contributed by atoms with van der Waals surface area (Å²) in [4.78, 5) is 2.10. The number of alkyl halides is 2.